The molecule has 2 aromatic carbocycles. The lowest BCUT2D eigenvalue weighted by Gasteiger charge is -2.10. The molecule has 8 heteroatoms. The largest absolute Gasteiger partial charge is 0.348 e. The van der Waals surface area contributed by atoms with Gasteiger partial charge >= 0.3 is 0 Å². The van der Waals surface area contributed by atoms with E-state index in [2.05, 4.69) is 26.0 Å². The van der Waals surface area contributed by atoms with Crippen LogP contribution in [0.1, 0.15) is 35.3 Å². The van der Waals surface area contributed by atoms with Crippen molar-refractivity contribution < 1.29 is 17.6 Å². The van der Waals surface area contributed by atoms with E-state index in [1.807, 2.05) is 0 Å². The maximum absolute atomic E-state index is 13.3. The molecule has 0 radical (unpaired) electrons. The van der Waals surface area contributed by atoms with Crippen LogP contribution >= 0.6 is 15.9 Å². The first-order valence-electron chi connectivity index (χ1n) is 7.97. The molecular weight excluding hydrogens is 423 g/mol. The molecule has 0 fully saturated rings. The topological polar surface area (TPSA) is 75.3 Å². The van der Waals surface area contributed by atoms with Crippen LogP contribution in [0.4, 0.5) is 4.39 Å². The van der Waals surface area contributed by atoms with Crippen LogP contribution in [0.2, 0.25) is 0 Å². The highest BCUT2D eigenvalue weighted by Crippen LogP contribution is 2.18. The Labute approximate surface area is 161 Å². The number of rotatable bonds is 7. The molecule has 0 atom stereocenters. The van der Waals surface area contributed by atoms with Gasteiger partial charge in [-0.2, -0.15) is 0 Å². The van der Waals surface area contributed by atoms with Gasteiger partial charge in [0.1, 0.15) is 5.82 Å². The van der Waals surface area contributed by atoms with Crippen molar-refractivity contribution in [2.45, 2.75) is 32.2 Å². The van der Waals surface area contributed by atoms with Crippen LogP contribution in [0.25, 0.3) is 0 Å². The smallest absolute Gasteiger partial charge is 0.252 e. The highest BCUT2D eigenvalue weighted by molar-refractivity contribution is 9.10. The van der Waals surface area contributed by atoms with Crippen molar-refractivity contribution in [2.24, 2.45) is 0 Å². The lowest BCUT2D eigenvalue weighted by Crippen LogP contribution is -2.31. The molecule has 2 aromatic rings. The van der Waals surface area contributed by atoms with Crippen molar-refractivity contribution in [2.75, 3.05) is 0 Å². The third-order valence-corrected chi connectivity index (χ3v) is 5.66. The fourth-order valence-electron chi connectivity index (χ4n) is 2.32. The maximum atomic E-state index is 13.3. The molecule has 2 N–H and O–H groups in total. The highest BCUT2D eigenvalue weighted by Gasteiger charge is 2.13. The molecule has 0 unspecified atom stereocenters. The van der Waals surface area contributed by atoms with Gasteiger partial charge in [-0.3, -0.25) is 4.79 Å². The Morgan fingerprint density at radius 3 is 2.35 bits per heavy atom. The summed E-state index contributed by atoms with van der Waals surface area (Å²) in [5, 5.41) is 2.71. The number of hydrogen-bond acceptors (Lipinski definition) is 3. The third kappa shape index (κ3) is 6.19. The van der Waals surface area contributed by atoms with Gasteiger partial charge in [0.15, 0.2) is 0 Å². The number of nitrogens with one attached hydrogen (secondary N) is 2. The predicted molar refractivity (Wildman–Crippen MR) is 103 cm³/mol. The van der Waals surface area contributed by atoms with Crippen LogP contribution in [0.3, 0.4) is 0 Å². The first-order valence-corrected chi connectivity index (χ1v) is 10.4. The van der Waals surface area contributed by atoms with E-state index in [1.165, 1.54) is 12.1 Å². The molecule has 1 amide bonds. The monoisotopic (exact) mass is 442 g/mol. The second kappa shape index (κ2) is 8.75. The van der Waals surface area contributed by atoms with Crippen LogP contribution in [-0.2, 0) is 22.3 Å². The number of hydrogen-bond donors (Lipinski definition) is 2. The predicted octanol–water partition coefficient (Wildman–Crippen LogP) is 3.35. The summed E-state index contributed by atoms with van der Waals surface area (Å²) in [4.78, 5) is 12.2. The van der Waals surface area contributed by atoms with Gasteiger partial charge in [-0.1, -0.05) is 24.3 Å². The SMILES string of the molecule is CC(C)NS(=O)(=O)Cc1ccc(CNC(=O)c2cc(F)ccc2Br)cc1. The van der Waals surface area contributed by atoms with Gasteiger partial charge in [0.25, 0.3) is 5.91 Å². The van der Waals surface area contributed by atoms with Crippen molar-refractivity contribution >= 4 is 31.9 Å². The standard InChI is InChI=1S/C18H20BrFN2O3S/c1-12(2)22-26(24,25)11-14-5-3-13(4-6-14)10-21-18(23)16-9-15(20)7-8-17(16)19/h3-9,12,22H,10-11H2,1-2H3,(H,21,23). The molecule has 2 rings (SSSR count). The van der Waals surface area contributed by atoms with Gasteiger partial charge in [0, 0.05) is 17.1 Å². The summed E-state index contributed by atoms with van der Waals surface area (Å²) in [5.74, 6) is -0.989. The molecule has 0 heterocycles. The molecule has 140 valence electrons. The van der Waals surface area contributed by atoms with Crippen LogP contribution in [0.5, 0.6) is 0 Å². The van der Waals surface area contributed by atoms with Crippen molar-refractivity contribution in [3.05, 3.63) is 69.4 Å². The van der Waals surface area contributed by atoms with Crippen LogP contribution in [0.15, 0.2) is 46.9 Å². The number of carbonyl (C=O) groups is 1. The first-order chi connectivity index (χ1) is 12.2. The lowest BCUT2D eigenvalue weighted by atomic mass is 10.1. The Morgan fingerprint density at radius 1 is 1.12 bits per heavy atom. The molecule has 0 bridgehead atoms. The van der Waals surface area contributed by atoms with E-state index in [9.17, 15) is 17.6 Å². The molecule has 5 nitrogen and oxygen atoms in total. The van der Waals surface area contributed by atoms with Crippen molar-refractivity contribution in [3.8, 4) is 0 Å². The van der Waals surface area contributed by atoms with E-state index in [0.717, 1.165) is 11.6 Å². The van der Waals surface area contributed by atoms with Gasteiger partial charge in [-0.25, -0.2) is 17.5 Å². The third-order valence-electron chi connectivity index (χ3n) is 3.42. The average molecular weight is 443 g/mol. The Balaban J connectivity index is 1.97. The summed E-state index contributed by atoms with van der Waals surface area (Å²) < 4.78 is 40.2. The van der Waals surface area contributed by atoms with E-state index in [0.29, 0.717) is 10.0 Å². The zero-order chi connectivity index (χ0) is 19.3. The number of amides is 1. The molecule has 0 aliphatic rings. The van der Waals surface area contributed by atoms with Crippen LogP contribution in [0, 0.1) is 5.82 Å². The molecule has 0 spiro atoms. The number of carbonyl (C=O) groups excluding carboxylic acids is 1. The lowest BCUT2D eigenvalue weighted by molar-refractivity contribution is 0.0949. The molecule has 0 saturated heterocycles. The number of benzene rings is 2. The van der Waals surface area contributed by atoms with Crippen LogP contribution < -0.4 is 10.0 Å². The minimum atomic E-state index is -3.38. The number of sulfonamides is 1. The Bertz CT molecular complexity index is 884. The Hall–Kier alpha value is -1.77. The van der Waals surface area contributed by atoms with Gasteiger partial charge in [-0.05, 0) is 59.1 Å². The van der Waals surface area contributed by atoms with Gasteiger partial charge in [-0.15, -0.1) is 0 Å². The molecule has 0 aliphatic carbocycles. The summed E-state index contributed by atoms with van der Waals surface area (Å²) in [6, 6.07) is 10.7. The summed E-state index contributed by atoms with van der Waals surface area (Å²) in [5.41, 5.74) is 1.68. The highest BCUT2D eigenvalue weighted by atomic mass is 79.9. The zero-order valence-electron chi connectivity index (χ0n) is 14.4. The fraction of sp³-hybridized carbons (Fsp3) is 0.278. The minimum absolute atomic E-state index is 0.103. The van der Waals surface area contributed by atoms with E-state index >= 15 is 0 Å². The van der Waals surface area contributed by atoms with Crippen LogP contribution in [-0.4, -0.2) is 20.4 Å². The molecule has 0 aromatic heterocycles. The van der Waals surface area contributed by atoms with Crippen molar-refractivity contribution in [1.29, 1.82) is 0 Å². The summed E-state index contributed by atoms with van der Waals surface area (Å²) in [7, 11) is -3.38. The first kappa shape index (κ1) is 20.5. The minimum Gasteiger partial charge on any atom is -0.348 e. The summed E-state index contributed by atoms with van der Waals surface area (Å²) in [6.07, 6.45) is 0. The number of halogens is 2. The van der Waals surface area contributed by atoms with E-state index < -0.39 is 21.7 Å². The summed E-state index contributed by atoms with van der Waals surface area (Å²) >= 11 is 3.22. The Morgan fingerprint density at radius 2 is 1.73 bits per heavy atom. The van der Waals surface area contributed by atoms with E-state index in [4.69, 9.17) is 0 Å². The van der Waals surface area contributed by atoms with E-state index in [-0.39, 0.29) is 23.9 Å². The second-order valence-corrected chi connectivity index (χ2v) is 8.76. The molecule has 26 heavy (non-hydrogen) atoms. The average Bonchev–Trinajstić information content (AvgIpc) is 2.54. The quantitative estimate of drug-likeness (QED) is 0.690. The Kier molecular flexibility index (Phi) is 6.91. The van der Waals surface area contributed by atoms with Crippen molar-refractivity contribution in [3.63, 3.8) is 0 Å². The van der Waals surface area contributed by atoms with Gasteiger partial charge < -0.3 is 5.32 Å². The van der Waals surface area contributed by atoms with Gasteiger partial charge in [0.05, 0.1) is 11.3 Å². The molecular formula is C18H20BrFN2O3S. The van der Waals surface area contributed by atoms with Crippen molar-refractivity contribution in [1.82, 2.24) is 10.0 Å². The maximum Gasteiger partial charge on any atom is 0.252 e. The van der Waals surface area contributed by atoms with Gasteiger partial charge in [0.2, 0.25) is 10.0 Å². The fourth-order valence-corrected chi connectivity index (χ4v) is 4.18. The second-order valence-electron chi connectivity index (χ2n) is 6.15. The van der Waals surface area contributed by atoms with E-state index in [1.54, 1.807) is 38.1 Å². The summed E-state index contributed by atoms with van der Waals surface area (Å²) in [6.45, 7) is 3.78. The molecule has 0 saturated carbocycles. The molecule has 0 aliphatic heterocycles. The normalized spacial score (nSPS) is 11.6. The zero-order valence-corrected chi connectivity index (χ0v) is 16.8.